The highest BCUT2D eigenvalue weighted by Gasteiger charge is 2.39. The minimum absolute atomic E-state index is 0.00344. The van der Waals surface area contributed by atoms with E-state index in [0.717, 1.165) is 12.1 Å². The summed E-state index contributed by atoms with van der Waals surface area (Å²) in [7, 11) is 0. The van der Waals surface area contributed by atoms with Crippen molar-refractivity contribution in [1.82, 2.24) is 14.6 Å². The lowest BCUT2D eigenvalue weighted by Gasteiger charge is -2.41. The topological polar surface area (TPSA) is 82.7 Å². The number of hydrogen-bond donors (Lipinski definition) is 3. The number of anilines is 1. The summed E-state index contributed by atoms with van der Waals surface area (Å²) in [5.41, 5.74) is -1.75. The summed E-state index contributed by atoms with van der Waals surface area (Å²) in [6.07, 6.45) is -2.32. The fraction of sp³-hybridized carbons (Fsp3) is 0.333. The first-order valence-electron chi connectivity index (χ1n) is 8.48. The van der Waals surface area contributed by atoms with E-state index in [1.54, 1.807) is 6.92 Å². The smallest absolute Gasteiger partial charge is 0.416 e. The fourth-order valence-corrected chi connectivity index (χ4v) is 3.48. The number of aromatic nitrogens is 3. The quantitative estimate of drug-likeness (QED) is 0.590. The molecule has 28 heavy (non-hydrogen) atoms. The standard InChI is InChI=1S/C18H16F4N4O2/c1-17(28)7-10(8-17)23-15-14-12(19)4-5-26(14)16(25-24-15)11-3-2-9(6-13(11)27)18(20,21)22/h2-6,10,27-28H,7-8H2,1H3,(H,23,24). The van der Waals surface area contributed by atoms with E-state index in [9.17, 15) is 27.8 Å². The number of phenols is 1. The van der Waals surface area contributed by atoms with Gasteiger partial charge >= 0.3 is 6.18 Å². The second kappa shape index (κ2) is 6.06. The van der Waals surface area contributed by atoms with Crippen LogP contribution in [0, 0.1) is 5.82 Å². The molecule has 4 rings (SSSR count). The van der Waals surface area contributed by atoms with Crippen LogP contribution in [0.25, 0.3) is 16.9 Å². The average molecular weight is 396 g/mol. The predicted octanol–water partition coefficient (Wildman–Crippen LogP) is 3.59. The molecule has 3 N–H and O–H groups in total. The van der Waals surface area contributed by atoms with E-state index < -0.39 is 28.9 Å². The van der Waals surface area contributed by atoms with Gasteiger partial charge in [0.2, 0.25) is 0 Å². The summed E-state index contributed by atoms with van der Waals surface area (Å²) in [6.45, 7) is 1.70. The second-order valence-corrected chi connectivity index (χ2v) is 7.23. The van der Waals surface area contributed by atoms with Crippen LogP contribution in [0.15, 0.2) is 30.5 Å². The van der Waals surface area contributed by atoms with Crippen LogP contribution in [0.4, 0.5) is 23.4 Å². The Hall–Kier alpha value is -2.88. The molecule has 0 radical (unpaired) electrons. The first kappa shape index (κ1) is 18.5. The number of aromatic hydroxyl groups is 1. The Morgan fingerprint density at radius 1 is 1.21 bits per heavy atom. The minimum Gasteiger partial charge on any atom is -0.507 e. The number of halogens is 4. The number of aliphatic hydroxyl groups is 1. The Morgan fingerprint density at radius 2 is 1.93 bits per heavy atom. The fourth-order valence-electron chi connectivity index (χ4n) is 3.48. The van der Waals surface area contributed by atoms with Crippen LogP contribution in [0.2, 0.25) is 0 Å². The maximum atomic E-state index is 14.4. The van der Waals surface area contributed by atoms with Gasteiger partial charge in [0.25, 0.3) is 0 Å². The molecule has 1 aliphatic rings. The number of hydrogen-bond acceptors (Lipinski definition) is 5. The number of fused-ring (bicyclic) bond motifs is 1. The second-order valence-electron chi connectivity index (χ2n) is 7.23. The van der Waals surface area contributed by atoms with Crippen LogP contribution in [0.3, 0.4) is 0 Å². The molecular formula is C18H16F4N4O2. The van der Waals surface area contributed by atoms with Crippen molar-refractivity contribution in [2.75, 3.05) is 5.32 Å². The maximum absolute atomic E-state index is 14.4. The van der Waals surface area contributed by atoms with Crippen molar-refractivity contribution in [1.29, 1.82) is 0 Å². The van der Waals surface area contributed by atoms with Gasteiger partial charge in [-0.1, -0.05) is 0 Å². The number of nitrogens with zero attached hydrogens (tertiary/aromatic N) is 3. The van der Waals surface area contributed by atoms with Crippen LogP contribution >= 0.6 is 0 Å². The average Bonchev–Trinajstić information content (AvgIpc) is 2.95. The van der Waals surface area contributed by atoms with Crippen molar-refractivity contribution < 1.29 is 27.8 Å². The number of rotatable bonds is 3. The highest BCUT2D eigenvalue weighted by Crippen LogP contribution is 2.38. The normalized spacial score (nSPS) is 22.3. The summed E-state index contributed by atoms with van der Waals surface area (Å²) in [5, 5.41) is 30.9. The van der Waals surface area contributed by atoms with Gasteiger partial charge in [-0.3, -0.25) is 4.40 Å². The van der Waals surface area contributed by atoms with Gasteiger partial charge < -0.3 is 15.5 Å². The summed E-state index contributed by atoms with van der Waals surface area (Å²) in [5.74, 6) is -1.10. The molecule has 0 unspecified atom stereocenters. The highest BCUT2D eigenvalue weighted by atomic mass is 19.4. The van der Waals surface area contributed by atoms with Gasteiger partial charge in [-0.25, -0.2) is 4.39 Å². The van der Waals surface area contributed by atoms with Crippen LogP contribution in [0.5, 0.6) is 5.75 Å². The van der Waals surface area contributed by atoms with Crippen molar-refractivity contribution in [2.45, 2.75) is 37.6 Å². The van der Waals surface area contributed by atoms with Crippen molar-refractivity contribution in [3.05, 3.63) is 41.8 Å². The lowest BCUT2D eigenvalue weighted by Crippen LogP contribution is -2.48. The van der Waals surface area contributed by atoms with Crippen molar-refractivity contribution in [3.8, 4) is 17.1 Å². The number of phenolic OH excluding ortho intramolecular Hbond substituents is 1. The van der Waals surface area contributed by atoms with E-state index in [-0.39, 0.29) is 28.8 Å². The Labute approximate surface area is 156 Å². The first-order chi connectivity index (χ1) is 13.0. The third-order valence-corrected chi connectivity index (χ3v) is 4.81. The molecule has 0 aliphatic heterocycles. The summed E-state index contributed by atoms with van der Waals surface area (Å²) >= 11 is 0. The number of benzene rings is 1. The minimum atomic E-state index is -4.60. The van der Waals surface area contributed by atoms with E-state index in [4.69, 9.17) is 0 Å². The summed E-state index contributed by atoms with van der Waals surface area (Å²) < 4.78 is 54.1. The van der Waals surface area contributed by atoms with Gasteiger partial charge in [0, 0.05) is 12.2 Å². The predicted molar refractivity (Wildman–Crippen MR) is 92.3 cm³/mol. The van der Waals surface area contributed by atoms with E-state index in [2.05, 4.69) is 15.5 Å². The summed E-state index contributed by atoms with van der Waals surface area (Å²) in [6, 6.07) is 3.53. The molecule has 0 saturated heterocycles. The molecule has 0 spiro atoms. The molecule has 2 heterocycles. The highest BCUT2D eigenvalue weighted by molar-refractivity contribution is 5.75. The van der Waals surface area contributed by atoms with Crippen LogP contribution in [-0.2, 0) is 6.18 Å². The van der Waals surface area contributed by atoms with E-state index in [1.165, 1.54) is 16.7 Å². The molecule has 1 saturated carbocycles. The molecule has 1 aromatic carbocycles. The van der Waals surface area contributed by atoms with Gasteiger partial charge in [0.15, 0.2) is 17.5 Å². The van der Waals surface area contributed by atoms with Gasteiger partial charge in [-0.05, 0) is 44.0 Å². The largest absolute Gasteiger partial charge is 0.507 e. The molecule has 0 atom stereocenters. The van der Waals surface area contributed by atoms with Gasteiger partial charge in [-0.15, -0.1) is 10.2 Å². The molecule has 6 nitrogen and oxygen atoms in total. The molecular weight excluding hydrogens is 380 g/mol. The van der Waals surface area contributed by atoms with Gasteiger partial charge in [0.1, 0.15) is 11.3 Å². The zero-order chi connectivity index (χ0) is 20.3. The Morgan fingerprint density at radius 3 is 2.54 bits per heavy atom. The summed E-state index contributed by atoms with van der Waals surface area (Å²) in [4.78, 5) is 0. The van der Waals surface area contributed by atoms with E-state index in [1.807, 2.05) is 0 Å². The van der Waals surface area contributed by atoms with Crippen LogP contribution in [-0.4, -0.2) is 36.5 Å². The monoisotopic (exact) mass is 396 g/mol. The molecule has 10 heteroatoms. The molecule has 0 bridgehead atoms. The molecule has 1 aliphatic carbocycles. The maximum Gasteiger partial charge on any atom is 0.416 e. The SMILES string of the molecule is CC1(O)CC(Nc2nnc(-c3ccc(C(F)(F)F)cc3O)n3ccc(F)c23)C1. The van der Waals surface area contributed by atoms with Crippen LogP contribution in [0.1, 0.15) is 25.3 Å². The van der Waals surface area contributed by atoms with Crippen molar-refractivity contribution in [2.24, 2.45) is 0 Å². The van der Waals surface area contributed by atoms with Gasteiger partial charge in [-0.2, -0.15) is 13.2 Å². The lowest BCUT2D eigenvalue weighted by atomic mass is 9.77. The molecule has 148 valence electrons. The third kappa shape index (κ3) is 3.13. The van der Waals surface area contributed by atoms with Crippen molar-refractivity contribution >= 4 is 11.3 Å². The van der Waals surface area contributed by atoms with Gasteiger partial charge in [0.05, 0.1) is 16.7 Å². The first-order valence-corrected chi connectivity index (χ1v) is 8.48. The Bertz CT molecular complexity index is 1050. The third-order valence-electron chi connectivity index (χ3n) is 4.81. The number of alkyl halides is 3. The molecule has 1 fully saturated rings. The number of nitrogens with one attached hydrogen (secondary N) is 1. The Kier molecular flexibility index (Phi) is 4.00. The molecule has 2 aromatic heterocycles. The zero-order valence-electron chi connectivity index (χ0n) is 14.6. The molecule has 0 amide bonds. The lowest BCUT2D eigenvalue weighted by molar-refractivity contribution is -0.137. The zero-order valence-corrected chi connectivity index (χ0v) is 14.6. The van der Waals surface area contributed by atoms with E-state index in [0.29, 0.717) is 18.9 Å². The molecule has 3 aromatic rings. The van der Waals surface area contributed by atoms with E-state index >= 15 is 0 Å². The Balaban J connectivity index is 1.75. The van der Waals surface area contributed by atoms with Crippen molar-refractivity contribution in [3.63, 3.8) is 0 Å². The van der Waals surface area contributed by atoms with Crippen LogP contribution < -0.4 is 5.32 Å².